The molecule has 78 valence electrons. The van der Waals surface area contributed by atoms with Crippen molar-refractivity contribution < 1.29 is 0 Å². The zero-order valence-electron chi connectivity index (χ0n) is 9.28. The number of hydrogen-bond acceptors (Lipinski definition) is 2. The van der Waals surface area contributed by atoms with Crippen LogP contribution in [0.5, 0.6) is 0 Å². The van der Waals surface area contributed by atoms with E-state index in [0.29, 0.717) is 0 Å². The minimum absolute atomic E-state index is 0.191. The standard InChI is InChI=1S/C12H15N2P/c1-8-4-5-9-11(14-8)7-6-10(13)12(9)15(2)3/h4-7H,13H2,1-3H3. The number of anilines is 1. The lowest BCUT2D eigenvalue weighted by atomic mass is 10.2. The van der Waals surface area contributed by atoms with E-state index in [9.17, 15) is 0 Å². The van der Waals surface area contributed by atoms with Crippen molar-refractivity contribution in [1.29, 1.82) is 0 Å². The van der Waals surface area contributed by atoms with Gasteiger partial charge in [-0.3, -0.25) is 4.98 Å². The monoisotopic (exact) mass is 218 g/mol. The summed E-state index contributed by atoms with van der Waals surface area (Å²) < 4.78 is 0. The fraction of sp³-hybridized carbons (Fsp3) is 0.250. The molecule has 1 aromatic carbocycles. The normalized spacial score (nSPS) is 11.2. The van der Waals surface area contributed by atoms with Crippen LogP contribution in [0.2, 0.25) is 0 Å². The number of hydrogen-bond donors (Lipinski definition) is 1. The molecule has 0 spiro atoms. The molecule has 0 unspecified atom stereocenters. The fourth-order valence-electron chi connectivity index (χ4n) is 1.81. The van der Waals surface area contributed by atoms with Crippen LogP contribution >= 0.6 is 7.92 Å². The first kappa shape index (κ1) is 10.4. The Morgan fingerprint density at radius 1 is 1.13 bits per heavy atom. The number of pyridine rings is 1. The Morgan fingerprint density at radius 3 is 2.53 bits per heavy atom. The Kier molecular flexibility index (Phi) is 2.62. The number of nitrogen functional groups attached to an aromatic ring is 1. The van der Waals surface area contributed by atoms with Crippen molar-refractivity contribution in [2.75, 3.05) is 19.1 Å². The van der Waals surface area contributed by atoms with Crippen molar-refractivity contribution in [3.8, 4) is 0 Å². The topological polar surface area (TPSA) is 38.9 Å². The molecule has 1 heterocycles. The van der Waals surface area contributed by atoms with Gasteiger partial charge >= 0.3 is 0 Å². The lowest BCUT2D eigenvalue weighted by Crippen LogP contribution is -2.09. The van der Waals surface area contributed by atoms with Gasteiger partial charge in [0, 0.05) is 22.1 Å². The molecule has 2 aromatic rings. The maximum Gasteiger partial charge on any atom is 0.0713 e. The number of nitrogens with two attached hydrogens (primary N) is 1. The Bertz CT molecular complexity index is 506. The number of benzene rings is 1. The summed E-state index contributed by atoms with van der Waals surface area (Å²) in [6, 6.07) is 8.14. The first-order valence-electron chi connectivity index (χ1n) is 4.93. The van der Waals surface area contributed by atoms with E-state index in [2.05, 4.69) is 24.4 Å². The SMILES string of the molecule is Cc1ccc2c(P(C)C)c(N)ccc2n1. The lowest BCUT2D eigenvalue weighted by Gasteiger charge is -2.13. The molecule has 2 nitrogen and oxygen atoms in total. The van der Waals surface area contributed by atoms with Crippen LogP contribution in [0, 0.1) is 6.92 Å². The fourth-order valence-corrected chi connectivity index (χ4v) is 3.07. The van der Waals surface area contributed by atoms with E-state index in [-0.39, 0.29) is 7.92 Å². The molecule has 2 rings (SSSR count). The van der Waals surface area contributed by atoms with Gasteiger partial charge in [0.1, 0.15) is 0 Å². The number of rotatable bonds is 1. The second-order valence-corrected chi connectivity index (χ2v) is 6.15. The van der Waals surface area contributed by atoms with Gasteiger partial charge in [-0.25, -0.2) is 0 Å². The van der Waals surface area contributed by atoms with Crippen molar-refractivity contribution in [2.45, 2.75) is 6.92 Å². The highest BCUT2D eigenvalue weighted by molar-refractivity contribution is 7.65. The lowest BCUT2D eigenvalue weighted by molar-refractivity contribution is 1.26. The van der Waals surface area contributed by atoms with E-state index in [4.69, 9.17) is 5.73 Å². The largest absolute Gasteiger partial charge is 0.398 e. The molecular weight excluding hydrogens is 203 g/mol. The zero-order chi connectivity index (χ0) is 11.0. The molecule has 0 aliphatic heterocycles. The third kappa shape index (κ3) is 1.82. The van der Waals surface area contributed by atoms with Gasteiger partial charge in [0.05, 0.1) is 5.52 Å². The highest BCUT2D eigenvalue weighted by atomic mass is 31.1. The number of aromatic nitrogens is 1. The molecule has 1 aromatic heterocycles. The predicted molar refractivity (Wildman–Crippen MR) is 69.3 cm³/mol. The van der Waals surface area contributed by atoms with Crippen LogP contribution < -0.4 is 11.0 Å². The summed E-state index contributed by atoms with van der Waals surface area (Å²) in [7, 11) is -0.191. The first-order valence-corrected chi connectivity index (χ1v) is 7.16. The third-order valence-corrected chi connectivity index (χ3v) is 3.85. The third-order valence-electron chi connectivity index (χ3n) is 2.46. The van der Waals surface area contributed by atoms with E-state index in [1.807, 2.05) is 25.1 Å². The van der Waals surface area contributed by atoms with Crippen LogP contribution in [0.25, 0.3) is 10.9 Å². The van der Waals surface area contributed by atoms with Crippen molar-refractivity contribution in [3.05, 3.63) is 30.0 Å². The Hall–Kier alpha value is -1.14. The summed E-state index contributed by atoms with van der Waals surface area (Å²) in [5, 5.41) is 2.48. The minimum Gasteiger partial charge on any atom is -0.398 e. The quantitative estimate of drug-likeness (QED) is 0.590. The smallest absolute Gasteiger partial charge is 0.0713 e. The summed E-state index contributed by atoms with van der Waals surface area (Å²) in [5.41, 5.74) is 9.01. The second kappa shape index (κ2) is 3.79. The van der Waals surface area contributed by atoms with Gasteiger partial charge in [0.25, 0.3) is 0 Å². The van der Waals surface area contributed by atoms with E-state index < -0.39 is 0 Å². The molecule has 0 radical (unpaired) electrons. The van der Waals surface area contributed by atoms with Crippen LogP contribution in [0.4, 0.5) is 5.69 Å². The van der Waals surface area contributed by atoms with Crippen LogP contribution in [-0.2, 0) is 0 Å². The highest BCUT2D eigenvalue weighted by Crippen LogP contribution is 2.31. The molecule has 3 heteroatoms. The number of fused-ring (bicyclic) bond motifs is 1. The molecular formula is C12H15N2P. The van der Waals surface area contributed by atoms with Crippen molar-refractivity contribution in [2.24, 2.45) is 0 Å². The average molecular weight is 218 g/mol. The van der Waals surface area contributed by atoms with Gasteiger partial charge < -0.3 is 5.73 Å². The summed E-state index contributed by atoms with van der Waals surface area (Å²) in [6.07, 6.45) is 0. The van der Waals surface area contributed by atoms with Gasteiger partial charge in [0.2, 0.25) is 0 Å². The molecule has 0 atom stereocenters. The van der Waals surface area contributed by atoms with Crippen molar-refractivity contribution in [3.63, 3.8) is 0 Å². The Labute approximate surface area is 91.3 Å². The van der Waals surface area contributed by atoms with Crippen LogP contribution in [0.15, 0.2) is 24.3 Å². The van der Waals surface area contributed by atoms with Gasteiger partial charge in [-0.05, 0) is 38.5 Å². The molecule has 2 N–H and O–H groups in total. The van der Waals surface area contributed by atoms with E-state index in [0.717, 1.165) is 16.9 Å². The van der Waals surface area contributed by atoms with E-state index in [1.54, 1.807) is 0 Å². The number of nitrogens with zero attached hydrogens (tertiary/aromatic N) is 1. The maximum atomic E-state index is 6.01. The van der Waals surface area contributed by atoms with Gasteiger partial charge in [-0.1, -0.05) is 14.0 Å². The molecule has 15 heavy (non-hydrogen) atoms. The highest BCUT2D eigenvalue weighted by Gasteiger charge is 2.09. The summed E-state index contributed by atoms with van der Waals surface area (Å²) in [4.78, 5) is 4.51. The predicted octanol–water partition coefficient (Wildman–Crippen LogP) is 2.49. The summed E-state index contributed by atoms with van der Waals surface area (Å²) in [6.45, 7) is 6.46. The van der Waals surface area contributed by atoms with E-state index in [1.165, 1.54) is 10.7 Å². The molecule has 0 bridgehead atoms. The minimum atomic E-state index is -0.191. The maximum absolute atomic E-state index is 6.01. The second-order valence-electron chi connectivity index (χ2n) is 3.92. The average Bonchev–Trinajstić information content (AvgIpc) is 2.17. The number of aryl methyl sites for hydroxylation is 1. The molecule has 0 fully saturated rings. The van der Waals surface area contributed by atoms with E-state index >= 15 is 0 Å². The van der Waals surface area contributed by atoms with Gasteiger partial charge in [-0.15, -0.1) is 0 Å². The van der Waals surface area contributed by atoms with Crippen LogP contribution in [0.1, 0.15) is 5.69 Å². The molecule has 0 saturated heterocycles. The first-order chi connectivity index (χ1) is 7.09. The van der Waals surface area contributed by atoms with Gasteiger partial charge in [0.15, 0.2) is 0 Å². The molecule has 0 amide bonds. The summed E-state index contributed by atoms with van der Waals surface area (Å²) >= 11 is 0. The van der Waals surface area contributed by atoms with Crippen molar-refractivity contribution >= 4 is 29.8 Å². The van der Waals surface area contributed by atoms with Crippen LogP contribution in [0.3, 0.4) is 0 Å². The molecule has 0 aliphatic rings. The van der Waals surface area contributed by atoms with Crippen molar-refractivity contribution in [1.82, 2.24) is 4.98 Å². The Morgan fingerprint density at radius 2 is 1.87 bits per heavy atom. The zero-order valence-corrected chi connectivity index (χ0v) is 10.2. The Balaban J connectivity index is 2.82. The summed E-state index contributed by atoms with van der Waals surface area (Å²) in [5.74, 6) is 0. The van der Waals surface area contributed by atoms with Gasteiger partial charge in [-0.2, -0.15) is 0 Å². The molecule has 0 saturated carbocycles. The molecule has 0 aliphatic carbocycles. The van der Waals surface area contributed by atoms with Crippen LogP contribution in [-0.4, -0.2) is 18.3 Å².